The maximum Gasteiger partial charge on any atom is 0.281 e. The van der Waals surface area contributed by atoms with Gasteiger partial charge in [-0.15, -0.1) is 0 Å². The zero-order chi connectivity index (χ0) is 24.1. The molecule has 2 aliphatic rings. The van der Waals surface area contributed by atoms with Gasteiger partial charge < -0.3 is 5.32 Å². The van der Waals surface area contributed by atoms with E-state index in [1.54, 1.807) is 24.5 Å². The second kappa shape index (κ2) is 8.22. The Kier molecular flexibility index (Phi) is 5.69. The van der Waals surface area contributed by atoms with Crippen LogP contribution in [0.25, 0.3) is 0 Å². The predicted molar refractivity (Wildman–Crippen MR) is 127 cm³/mol. The molecule has 4 rings (SSSR count). The third kappa shape index (κ3) is 4.45. The number of carbonyl (C=O) groups is 2. The van der Waals surface area contributed by atoms with Gasteiger partial charge in [0, 0.05) is 35.4 Å². The Morgan fingerprint density at radius 1 is 1.24 bits per heavy atom. The SMILES string of the molecule is C=C1C(=O)N=C(n2nc(C(C)(C)C)cc2NC(=O)CC2CSc3nc(C)cc(=O)n32)N=C1C. The zero-order valence-corrected chi connectivity index (χ0v) is 20.0. The fourth-order valence-electron chi connectivity index (χ4n) is 3.46. The highest BCUT2D eigenvalue weighted by Crippen LogP contribution is 2.32. The van der Waals surface area contributed by atoms with Crippen molar-refractivity contribution >= 4 is 41.1 Å². The van der Waals surface area contributed by atoms with Gasteiger partial charge in [0.05, 0.1) is 23.0 Å². The van der Waals surface area contributed by atoms with Crippen molar-refractivity contribution in [3.05, 3.63) is 46.0 Å². The van der Waals surface area contributed by atoms with Gasteiger partial charge in [0.25, 0.3) is 17.4 Å². The Morgan fingerprint density at radius 2 is 1.97 bits per heavy atom. The van der Waals surface area contributed by atoms with Gasteiger partial charge in [-0.2, -0.15) is 14.8 Å². The van der Waals surface area contributed by atoms with Crippen LogP contribution in [-0.2, 0) is 15.0 Å². The van der Waals surface area contributed by atoms with E-state index in [-0.39, 0.29) is 40.9 Å². The number of rotatable bonds is 3. The molecule has 0 saturated heterocycles. The summed E-state index contributed by atoms with van der Waals surface area (Å²) in [5, 5.41) is 8.04. The van der Waals surface area contributed by atoms with Crippen LogP contribution in [0.1, 0.15) is 51.5 Å². The van der Waals surface area contributed by atoms with Gasteiger partial charge in [-0.05, 0) is 13.8 Å². The van der Waals surface area contributed by atoms with Crippen molar-refractivity contribution < 1.29 is 9.59 Å². The molecule has 1 atom stereocenters. The lowest BCUT2D eigenvalue weighted by Crippen LogP contribution is -2.29. The molecule has 2 aromatic rings. The van der Waals surface area contributed by atoms with Gasteiger partial charge in [-0.3, -0.25) is 19.0 Å². The maximum atomic E-state index is 13.0. The molecule has 10 nitrogen and oxygen atoms in total. The Labute approximate surface area is 194 Å². The lowest BCUT2D eigenvalue weighted by Gasteiger charge is -2.15. The van der Waals surface area contributed by atoms with Crippen LogP contribution in [0.15, 0.2) is 44.2 Å². The van der Waals surface area contributed by atoms with E-state index >= 15 is 0 Å². The molecule has 2 aliphatic heterocycles. The fourth-order valence-corrected chi connectivity index (χ4v) is 4.66. The van der Waals surface area contributed by atoms with Gasteiger partial charge in [-0.1, -0.05) is 39.1 Å². The second-order valence-corrected chi connectivity index (χ2v) is 10.1. The van der Waals surface area contributed by atoms with E-state index in [4.69, 9.17) is 0 Å². The first-order valence-electron chi connectivity index (χ1n) is 10.5. The van der Waals surface area contributed by atoms with Crippen LogP contribution in [0.5, 0.6) is 0 Å². The topological polar surface area (TPSA) is 124 Å². The van der Waals surface area contributed by atoms with Crippen molar-refractivity contribution in [1.29, 1.82) is 0 Å². The quantitative estimate of drug-likeness (QED) is 0.546. The molecule has 172 valence electrons. The minimum absolute atomic E-state index is 0.0633. The number of nitrogens with one attached hydrogen (secondary N) is 1. The predicted octanol–water partition coefficient (Wildman–Crippen LogP) is 2.48. The molecule has 0 spiro atoms. The molecule has 0 aromatic carbocycles. The molecule has 0 radical (unpaired) electrons. The number of thioether (sulfide) groups is 1. The Hall–Kier alpha value is -3.34. The van der Waals surface area contributed by atoms with Crippen LogP contribution >= 0.6 is 11.8 Å². The number of anilines is 1. The summed E-state index contributed by atoms with van der Waals surface area (Å²) in [6.45, 7) is 13.1. The van der Waals surface area contributed by atoms with Gasteiger partial charge in [0.1, 0.15) is 5.82 Å². The standard InChI is InChI=1S/C22H25N7O3S/c1-11-7-18(31)28-14(10-33-21(28)23-11)8-17(30)25-16-9-15(22(4,5)6)27-29(16)20-24-13(3)12(2)19(32)26-20/h7,9,14H,2,8,10H2,1,3-6H3,(H,25,30). The van der Waals surface area contributed by atoms with E-state index in [2.05, 4.69) is 32.0 Å². The van der Waals surface area contributed by atoms with Crippen molar-refractivity contribution in [3.8, 4) is 0 Å². The number of hydrogen-bond donors (Lipinski definition) is 1. The summed E-state index contributed by atoms with van der Waals surface area (Å²) in [6.07, 6.45) is 0.0885. The highest BCUT2D eigenvalue weighted by molar-refractivity contribution is 7.99. The van der Waals surface area contributed by atoms with Crippen LogP contribution < -0.4 is 10.9 Å². The summed E-state index contributed by atoms with van der Waals surface area (Å²) < 4.78 is 2.93. The van der Waals surface area contributed by atoms with Gasteiger partial charge >= 0.3 is 0 Å². The molecular weight excluding hydrogens is 442 g/mol. The van der Waals surface area contributed by atoms with Crippen LogP contribution in [0.2, 0.25) is 0 Å². The molecule has 11 heteroatoms. The average molecular weight is 468 g/mol. The van der Waals surface area contributed by atoms with Crippen molar-refractivity contribution in [3.63, 3.8) is 0 Å². The van der Waals surface area contributed by atoms with Crippen molar-refractivity contribution in [2.45, 2.75) is 57.7 Å². The smallest absolute Gasteiger partial charge is 0.281 e. The normalized spacial score (nSPS) is 18.2. The van der Waals surface area contributed by atoms with E-state index in [0.717, 1.165) is 0 Å². The van der Waals surface area contributed by atoms with Crippen molar-refractivity contribution in [2.75, 3.05) is 11.1 Å². The highest BCUT2D eigenvalue weighted by atomic mass is 32.2. The molecular formula is C22H25N7O3S. The van der Waals surface area contributed by atoms with E-state index < -0.39 is 5.91 Å². The van der Waals surface area contributed by atoms with E-state index in [9.17, 15) is 14.4 Å². The third-order valence-corrected chi connectivity index (χ3v) is 6.44. The summed E-state index contributed by atoms with van der Waals surface area (Å²) in [5.41, 5.74) is 1.53. The van der Waals surface area contributed by atoms with E-state index in [1.165, 1.54) is 22.5 Å². The molecule has 0 fully saturated rings. The van der Waals surface area contributed by atoms with Crippen molar-refractivity contribution in [1.82, 2.24) is 19.3 Å². The monoisotopic (exact) mass is 467 g/mol. The van der Waals surface area contributed by atoms with Crippen LogP contribution in [0.4, 0.5) is 5.82 Å². The molecule has 2 aromatic heterocycles. The average Bonchev–Trinajstić information content (AvgIpc) is 3.30. The maximum absolute atomic E-state index is 13.0. The summed E-state index contributed by atoms with van der Waals surface area (Å²) >= 11 is 1.46. The molecule has 0 saturated carbocycles. The van der Waals surface area contributed by atoms with Gasteiger partial charge in [0.15, 0.2) is 5.16 Å². The molecule has 1 N–H and O–H groups in total. The summed E-state index contributed by atoms with van der Waals surface area (Å²) in [4.78, 5) is 50.3. The number of nitrogens with zero attached hydrogens (tertiary/aromatic N) is 6. The molecule has 4 heterocycles. The fraction of sp³-hybridized carbons (Fsp3) is 0.409. The first-order chi connectivity index (χ1) is 15.4. The van der Waals surface area contributed by atoms with Crippen LogP contribution in [0, 0.1) is 6.92 Å². The highest BCUT2D eigenvalue weighted by Gasteiger charge is 2.29. The molecule has 2 amide bonds. The first kappa shape index (κ1) is 22.8. The largest absolute Gasteiger partial charge is 0.310 e. The number of fused-ring (bicyclic) bond motifs is 1. The zero-order valence-electron chi connectivity index (χ0n) is 19.2. The van der Waals surface area contributed by atoms with E-state index in [0.29, 0.717) is 33.8 Å². The summed E-state index contributed by atoms with van der Waals surface area (Å²) in [7, 11) is 0. The molecule has 1 unspecified atom stereocenters. The Bertz CT molecular complexity index is 1310. The summed E-state index contributed by atoms with van der Waals surface area (Å²) in [6, 6.07) is 2.91. The van der Waals surface area contributed by atoms with Gasteiger partial charge in [-0.25, -0.2) is 9.98 Å². The number of hydrogen-bond acceptors (Lipinski definition) is 7. The molecule has 0 aliphatic carbocycles. The molecule has 33 heavy (non-hydrogen) atoms. The number of aromatic nitrogens is 4. The minimum atomic E-state index is -0.496. The second-order valence-electron chi connectivity index (χ2n) is 9.07. The lowest BCUT2D eigenvalue weighted by atomic mass is 9.92. The van der Waals surface area contributed by atoms with Crippen molar-refractivity contribution in [2.24, 2.45) is 9.98 Å². The Morgan fingerprint density at radius 3 is 2.64 bits per heavy atom. The minimum Gasteiger partial charge on any atom is -0.310 e. The van der Waals surface area contributed by atoms with Crippen LogP contribution in [0.3, 0.4) is 0 Å². The van der Waals surface area contributed by atoms with E-state index in [1.807, 2.05) is 20.8 Å². The third-order valence-electron chi connectivity index (χ3n) is 5.34. The number of aryl methyl sites for hydroxylation is 1. The lowest BCUT2D eigenvalue weighted by molar-refractivity contribution is -0.117. The number of amides is 2. The first-order valence-corrected chi connectivity index (χ1v) is 11.4. The summed E-state index contributed by atoms with van der Waals surface area (Å²) in [5.74, 6) is 0.201. The van der Waals surface area contributed by atoms with Gasteiger partial charge in [0.2, 0.25) is 5.91 Å². The Balaban J connectivity index is 1.63. The number of carbonyl (C=O) groups excluding carboxylic acids is 2. The molecule has 0 bridgehead atoms. The van der Waals surface area contributed by atoms with Crippen LogP contribution in [-0.4, -0.2) is 48.6 Å². The number of aliphatic imine (C=N–C) groups is 2.